The first-order valence-corrected chi connectivity index (χ1v) is 8.72. The van der Waals surface area contributed by atoms with Gasteiger partial charge in [-0.25, -0.2) is 14.7 Å². The molecule has 4 rings (SSSR count). The fourth-order valence-electron chi connectivity index (χ4n) is 2.74. The molecule has 2 aromatic heterocycles. The van der Waals surface area contributed by atoms with E-state index in [0.717, 1.165) is 0 Å². The third kappa shape index (κ3) is 3.88. The molecule has 29 heavy (non-hydrogen) atoms. The number of hydrogen-bond acceptors (Lipinski definition) is 6. The minimum Gasteiger partial charge on any atom is -0.388 e. The number of benzene rings is 2. The molecule has 2 aromatic carbocycles. The molecule has 0 bridgehead atoms. The Kier molecular flexibility index (Phi) is 4.85. The lowest BCUT2D eigenvalue weighted by atomic mass is 10.2. The molecule has 0 fully saturated rings. The molecule has 0 aliphatic rings. The van der Waals surface area contributed by atoms with Crippen molar-refractivity contribution in [3.8, 4) is 5.88 Å². The van der Waals surface area contributed by atoms with E-state index >= 15 is 0 Å². The van der Waals surface area contributed by atoms with Gasteiger partial charge in [0.15, 0.2) is 5.65 Å². The molecular weight excluding hydrogens is 375 g/mol. The van der Waals surface area contributed by atoms with E-state index in [1.807, 2.05) is 36.4 Å². The maximum absolute atomic E-state index is 13.1. The Morgan fingerprint density at radius 2 is 1.59 bits per heavy atom. The van der Waals surface area contributed by atoms with Gasteiger partial charge in [-0.2, -0.15) is 9.97 Å². The molecule has 144 valence electrons. The first-order valence-electron chi connectivity index (χ1n) is 8.72. The van der Waals surface area contributed by atoms with Gasteiger partial charge >= 0.3 is 6.09 Å². The Labute approximate surface area is 165 Å². The number of nitrogens with one attached hydrogen (secondary N) is 2. The Morgan fingerprint density at radius 1 is 0.966 bits per heavy atom. The molecule has 9 nitrogen and oxygen atoms in total. The van der Waals surface area contributed by atoms with E-state index in [1.54, 1.807) is 24.3 Å². The summed E-state index contributed by atoms with van der Waals surface area (Å²) < 4.78 is 5.59. The molecular formula is C20H16N6O3. The van der Waals surface area contributed by atoms with Gasteiger partial charge in [-0.3, -0.25) is 10.1 Å². The highest BCUT2D eigenvalue weighted by Crippen LogP contribution is 2.28. The Morgan fingerprint density at radius 3 is 2.17 bits per heavy atom. The minimum absolute atomic E-state index is 0.00845. The largest absolute Gasteiger partial charge is 0.425 e. The zero-order valence-electron chi connectivity index (χ0n) is 15.4. The molecule has 2 amide bonds. The highest BCUT2D eigenvalue weighted by atomic mass is 16.6. The third-order valence-corrected chi connectivity index (χ3v) is 3.94. The molecule has 0 saturated heterocycles. The summed E-state index contributed by atoms with van der Waals surface area (Å²) >= 11 is 0. The number of ether oxygens (including phenoxy) is 1. The fraction of sp³-hybridized carbons (Fsp3) is 0.0500. The maximum Gasteiger partial charge on any atom is 0.425 e. The number of aromatic amines is 1. The average molecular weight is 391 g/mol. The van der Waals surface area contributed by atoms with Crippen molar-refractivity contribution in [3.63, 3.8) is 0 Å². The van der Waals surface area contributed by atoms with Crippen LogP contribution in [-0.4, -0.2) is 31.9 Å². The normalized spacial score (nSPS) is 10.5. The first kappa shape index (κ1) is 18.1. The first-order chi connectivity index (χ1) is 14.1. The van der Waals surface area contributed by atoms with Crippen LogP contribution in [0.4, 0.5) is 22.1 Å². The number of amides is 2. The molecule has 0 spiro atoms. The van der Waals surface area contributed by atoms with E-state index in [0.29, 0.717) is 16.9 Å². The monoisotopic (exact) mass is 391 g/mol. The van der Waals surface area contributed by atoms with Crippen molar-refractivity contribution < 1.29 is 14.3 Å². The van der Waals surface area contributed by atoms with Gasteiger partial charge in [0.1, 0.15) is 5.52 Å². The second-order valence-corrected chi connectivity index (χ2v) is 6.01. The lowest BCUT2D eigenvalue weighted by molar-refractivity contribution is -0.114. The summed E-state index contributed by atoms with van der Waals surface area (Å²) in [5.74, 6) is -0.406. The SMILES string of the molecule is CC(=O)Nc1nc(OC(=O)N(c2ccccc2)c2ccccc2)[13c]2[15nH]cn[13c]2n1. The van der Waals surface area contributed by atoms with Crippen LogP contribution in [0.15, 0.2) is 67.0 Å². The van der Waals surface area contributed by atoms with Crippen molar-refractivity contribution in [2.24, 2.45) is 0 Å². The van der Waals surface area contributed by atoms with Crippen LogP contribution in [0.1, 0.15) is 6.92 Å². The van der Waals surface area contributed by atoms with Gasteiger partial charge in [-0.05, 0) is 24.3 Å². The number of hydrogen-bond donors (Lipinski definition) is 2. The predicted octanol–water partition coefficient (Wildman–Crippen LogP) is 3.65. The zero-order valence-corrected chi connectivity index (χ0v) is 15.4. The molecule has 4 aromatic rings. The zero-order chi connectivity index (χ0) is 20.2. The summed E-state index contributed by atoms with van der Waals surface area (Å²) in [4.78, 5) is 41.1. The van der Waals surface area contributed by atoms with Gasteiger partial charge in [-0.1, -0.05) is 36.4 Å². The van der Waals surface area contributed by atoms with Gasteiger partial charge in [0, 0.05) is 6.92 Å². The van der Waals surface area contributed by atoms with E-state index in [1.165, 1.54) is 18.2 Å². The second kappa shape index (κ2) is 7.77. The van der Waals surface area contributed by atoms with Crippen molar-refractivity contribution in [2.75, 3.05) is 10.2 Å². The van der Waals surface area contributed by atoms with E-state index in [-0.39, 0.29) is 23.4 Å². The van der Waals surface area contributed by atoms with Gasteiger partial charge in [0.2, 0.25) is 11.9 Å². The number of imidazole rings is 1. The molecule has 9 heteroatoms. The number of anilines is 3. The molecule has 0 saturated carbocycles. The number of fused-ring (bicyclic) bond motifs is 1. The smallest absolute Gasteiger partial charge is 0.388 e. The summed E-state index contributed by atoms with van der Waals surface area (Å²) in [7, 11) is 0. The summed E-state index contributed by atoms with van der Waals surface area (Å²) in [6.45, 7) is 1.33. The summed E-state index contributed by atoms with van der Waals surface area (Å²) in [5, 5.41) is 2.47. The van der Waals surface area contributed by atoms with Gasteiger partial charge < -0.3 is 9.72 Å². The van der Waals surface area contributed by atoms with Crippen LogP contribution in [-0.2, 0) is 4.79 Å². The maximum atomic E-state index is 13.1. The molecule has 2 heterocycles. The number of nitrogens with zero attached hydrogens (tertiary/aromatic N) is 4. The summed E-state index contributed by atoms with van der Waals surface area (Å²) in [6, 6.07) is 18.2. The van der Waals surface area contributed by atoms with Gasteiger partial charge in [0.25, 0.3) is 5.88 Å². The van der Waals surface area contributed by atoms with E-state index in [9.17, 15) is 9.59 Å². The number of aromatic nitrogens is 4. The number of rotatable bonds is 4. The highest BCUT2D eigenvalue weighted by Gasteiger charge is 2.23. The number of carbonyl (C=O) groups is 2. The summed E-state index contributed by atoms with van der Waals surface area (Å²) in [5.41, 5.74) is 1.85. The lowest BCUT2D eigenvalue weighted by Gasteiger charge is -2.22. The Balaban J connectivity index is 1.73. The molecule has 2 N–H and O–H groups in total. The van der Waals surface area contributed by atoms with Crippen molar-refractivity contribution in [1.29, 1.82) is 0 Å². The Hall–Kier alpha value is -4.27. The minimum atomic E-state index is -0.675. The molecule has 0 radical (unpaired) electrons. The molecule has 0 aliphatic heterocycles. The van der Waals surface area contributed by atoms with Crippen LogP contribution in [0.3, 0.4) is 0 Å². The van der Waals surface area contributed by atoms with Crippen LogP contribution in [0.2, 0.25) is 0 Å². The van der Waals surface area contributed by atoms with Gasteiger partial charge in [0.05, 0.1) is 17.7 Å². The second-order valence-electron chi connectivity index (χ2n) is 6.01. The molecule has 0 atom stereocenters. The van der Waals surface area contributed by atoms with E-state index in [2.05, 4.69) is 25.3 Å². The van der Waals surface area contributed by atoms with Crippen molar-refractivity contribution in [1.82, 2.24) is 19.9 Å². The lowest BCUT2D eigenvalue weighted by Crippen LogP contribution is -2.29. The molecule has 0 unspecified atom stereocenters. The van der Waals surface area contributed by atoms with Crippen LogP contribution < -0.4 is 15.0 Å². The van der Waals surface area contributed by atoms with Crippen LogP contribution in [0, 0.1) is 0 Å². The number of carbonyl (C=O) groups excluding carboxylic acids is 2. The van der Waals surface area contributed by atoms with Crippen molar-refractivity contribution in [3.05, 3.63) is 67.0 Å². The number of H-pyrrole nitrogens is 1. The fourth-order valence-corrected chi connectivity index (χ4v) is 2.74. The topological polar surface area (TPSA) is 113 Å². The highest BCUT2D eigenvalue weighted by molar-refractivity contribution is 5.98. The average Bonchev–Trinajstić information content (AvgIpc) is 3.18. The predicted molar refractivity (Wildman–Crippen MR) is 107 cm³/mol. The van der Waals surface area contributed by atoms with Crippen LogP contribution in [0.5, 0.6) is 5.88 Å². The van der Waals surface area contributed by atoms with Gasteiger partial charge in [-0.15, -0.1) is 0 Å². The summed E-state index contributed by atoms with van der Waals surface area (Å²) in [6.07, 6.45) is 0.728. The number of para-hydroxylation sites is 2. The molecule has 0 aliphatic carbocycles. The quantitative estimate of drug-likeness (QED) is 0.549. The third-order valence-electron chi connectivity index (χ3n) is 3.94. The standard InChI is InChI=1S/C20H16N6O3/c1-13(27)23-19-24-17-16(21-12-22-17)18(25-19)29-20(28)26(14-8-4-2-5-9-14)15-10-6-3-7-11-15/h2-12H,1H3,(H2,21,22,23,24,25,27)/i16+1,17+1,21+1. The van der Waals surface area contributed by atoms with Crippen LogP contribution in [0.25, 0.3) is 11.2 Å². The Bertz CT molecular complexity index is 1120. The van der Waals surface area contributed by atoms with Crippen molar-refractivity contribution >= 4 is 40.5 Å². The van der Waals surface area contributed by atoms with Crippen molar-refractivity contribution in [2.45, 2.75) is 6.92 Å². The van der Waals surface area contributed by atoms with E-state index < -0.39 is 6.09 Å². The van der Waals surface area contributed by atoms with Crippen LogP contribution >= 0.6 is 0 Å². The van der Waals surface area contributed by atoms with E-state index in [4.69, 9.17) is 4.74 Å².